The number of para-hydroxylation sites is 1. The fraction of sp³-hybridized carbons (Fsp3) is 0. The third-order valence-electron chi connectivity index (χ3n) is 2.70. The van der Waals surface area contributed by atoms with E-state index < -0.39 is 10.0 Å². The number of thiazole rings is 1. The lowest BCUT2D eigenvalue weighted by atomic mass is 10.3. The molecule has 3 rings (SSSR count). The van der Waals surface area contributed by atoms with E-state index in [0.29, 0.717) is 5.02 Å². The summed E-state index contributed by atoms with van der Waals surface area (Å²) in [5.41, 5.74) is 0.734. The van der Waals surface area contributed by atoms with Crippen LogP contribution in [0.25, 0.3) is 10.2 Å². The van der Waals surface area contributed by atoms with Crippen molar-refractivity contribution in [1.82, 2.24) is 4.98 Å². The van der Waals surface area contributed by atoms with E-state index in [9.17, 15) is 8.42 Å². The molecule has 3 aromatic rings. The van der Waals surface area contributed by atoms with Crippen LogP contribution in [0.1, 0.15) is 0 Å². The summed E-state index contributed by atoms with van der Waals surface area (Å²) in [4.78, 5) is 4.15. The molecule has 1 aromatic heterocycles. The Kier molecular flexibility index (Phi) is 3.79. The Morgan fingerprint density at radius 3 is 2.62 bits per heavy atom. The van der Waals surface area contributed by atoms with Crippen LogP contribution in [0.5, 0.6) is 0 Å². The number of hydrogen-bond donors (Lipinski definition) is 1. The summed E-state index contributed by atoms with van der Waals surface area (Å²) in [5, 5.41) is 0.685. The first-order chi connectivity index (χ1) is 9.95. The van der Waals surface area contributed by atoms with Crippen LogP contribution in [-0.4, -0.2) is 13.4 Å². The minimum Gasteiger partial charge on any atom is -0.255 e. The first kappa shape index (κ1) is 14.6. The van der Waals surface area contributed by atoms with Gasteiger partial charge in [0.1, 0.15) is 4.90 Å². The summed E-state index contributed by atoms with van der Waals surface area (Å²) in [6.07, 6.45) is 0. The van der Waals surface area contributed by atoms with Gasteiger partial charge in [0.25, 0.3) is 10.0 Å². The molecule has 108 valence electrons. The molecular weight excluding hydrogens is 351 g/mol. The summed E-state index contributed by atoms with van der Waals surface area (Å²) in [5.74, 6) is 0. The number of rotatable bonds is 3. The highest BCUT2D eigenvalue weighted by Crippen LogP contribution is 2.30. The predicted octanol–water partition coefficient (Wildman–Crippen LogP) is 4.40. The van der Waals surface area contributed by atoms with Crippen LogP contribution in [0.2, 0.25) is 10.0 Å². The van der Waals surface area contributed by atoms with Gasteiger partial charge in [-0.15, -0.1) is 0 Å². The number of aromatic nitrogens is 1. The maximum absolute atomic E-state index is 12.4. The van der Waals surface area contributed by atoms with Gasteiger partial charge in [-0.3, -0.25) is 4.72 Å². The van der Waals surface area contributed by atoms with Gasteiger partial charge in [-0.1, -0.05) is 46.7 Å². The molecule has 21 heavy (non-hydrogen) atoms. The van der Waals surface area contributed by atoms with Gasteiger partial charge in [-0.2, -0.15) is 0 Å². The smallest absolute Gasteiger partial charge is 0.255 e. The van der Waals surface area contributed by atoms with Gasteiger partial charge < -0.3 is 0 Å². The zero-order valence-corrected chi connectivity index (χ0v) is 13.5. The number of anilines is 1. The number of sulfonamides is 1. The van der Waals surface area contributed by atoms with E-state index in [1.54, 1.807) is 0 Å². The summed E-state index contributed by atoms with van der Waals surface area (Å²) >= 11 is 13.0. The van der Waals surface area contributed by atoms with E-state index in [0.717, 1.165) is 10.2 Å². The number of halogens is 2. The fourth-order valence-corrected chi connectivity index (χ4v) is 4.63. The third kappa shape index (κ3) is 2.98. The third-order valence-corrected chi connectivity index (χ3v) is 5.83. The Balaban J connectivity index is 2.01. The van der Waals surface area contributed by atoms with Crippen molar-refractivity contribution in [3.63, 3.8) is 0 Å². The van der Waals surface area contributed by atoms with Crippen molar-refractivity contribution in [2.75, 3.05) is 4.72 Å². The lowest BCUT2D eigenvalue weighted by molar-refractivity contribution is 0.601. The highest BCUT2D eigenvalue weighted by Gasteiger charge is 2.20. The predicted molar refractivity (Wildman–Crippen MR) is 86.9 cm³/mol. The van der Waals surface area contributed by atoms with Gasteiger partial charge in [0, 0.05) is 5.02 Å². The van der Waals surface area contributed by atoms with E-state index in [1.807, 2.05) is 24.3 Å². The number of benzene rings is 2. The van der Waals surface area contributed by atoms with Gasteiger partial charge >= 0.3 is 0 Å². The molecule has 1 N–H and O–H groups in total. The van der Waals surface area contributed by atoms with Crippen molar-refractivity contribution in [1.29, 1.82) is 0 Å². The molecule has 0 saturated carbocycles. The van der Waals surface area contributed by atoms with E-state index in [2.05, 4.69) is 9.71 Å². The lowest BCUT2D eigenvalue weighted by Crippen LogP contribution is -2.13. The average molecular weight is 359 g/mol. The van der Waals surface area contributed by atoms with E-state index in [4.69, 9.17) is 23.2 Å². The Bertz CT molecular complexity index is 890. The fourth-order valence-electron chi connectivity index (χ4n) is 1.77. The van der Waals surface area contributed by atoms with Crippen molar-refractivity contribution >= 4 is 59.9 Å². The van der Waals surface area contributed by atoms with Gasteiger partial charge in [-0.05, 0) is 30.3 Å². The molecule has 0 bridgehead atoms. The summed E-state index contributed by atoms with van der Waals surface area (Å²) in [6.45, 7) is 0. The SMILES string of the molecule is O=S(=O)(Nc1nc2ccccc2s1)c1cc(Cl)ccc1Cl. The van der Waals surface area contributed by atoms with Crippen LogP contribution in [-0.2, 0) is 10.0 Å². The Morgan fingerprint density at radius 1 is 1.10 bits per heavy atom. The van der Waals surface area contributed by atoms with Crippen LogP contribution >= 0.6 is 34.5 Å². The second-order valence-electron chi connectivity index (χ2n) is 4.17. The minimum atomic E-state index is -3.83. The van der Waals surface area contributed by atoms with Gasteiger partial charge in [-0.25, -0.2) is 13.4 Å². The van der Waals surface area contributed by atoms with E-state index in [-0.39, 0.29) is 15.0 Å². The summed E-state index contributed by atoms with van der Waals surface area (Å²) < 4.78 is 28.1. The van der Waals surface area contributed by atoms with E-state index >= 15 is 0 Å². The molecule has 1 heterocycles. The van der Waals surface area contributed by atoms with Crippen LogP contribution < -0.4 is 4.72 Å². The van der Waals surface area contributed by atoms with Crippen LogP contribution in [0, 0.1) is 0 Å². The zero-order chi connectivity index (χ0) is 15.0. The first-order valence-electron chi connectivity index (χ1n) is 5.79. The monoisotopic (exact) mass is 358 g/mol. The van der Waals surface area contributed by atoms with Crippen molar-refractivity contribution in [2.45, 2.75) is 4.90 Å². The second kappa shape index (κ2) is 5.46. The molecule has 4 nitrogen and oxygen atoms in total. The first-order valence-corrected chi connectivity index (χ1v) is 8.85. The normalized spacial score (nSPS) is 11.7. The van der Waals surface area contributed by atoms with Crippen molar-refractivity contribution in [2.24, 2.45) is 0 Å². The molecule has 0 aliphatic rings. The quantitative estimate of drug-likeness (QED) is 0.754. The van der Waals surface area contributed by atoms with Gasteiger partial charge in [0.2, 0.25) is 0 Å². The topological polar surface area (TPSA) is 59.1 Å². The molecule has 0 radical (unpaired) electrons. The number of nitrogens with one attached hydrogen (secondary N) is 1. The molecule has 0 atom stereocenters. The lowest BCUT2D eigenvalue weighted by Gasteiger charge is -2.07. The summed E-state index contributed by atoms with van der Waals surface area (Å²) in [6, 6.07) is 11.7. The maximum atomic E-state index is 12.4. The molecule has 0 spiro atoms. The highest BCUT2D eigenvalue weighted by molar-refractivity contribution is 7.93. The Labute approximate surface area is 135 Å². The molecule has 0 aliphatic heterocycles. The van der Waals surface area contributed by atoms with Crippen LogP contribution in [0.15, 0.2) is 47.4 Å². The molecule has 8 heteroatoms. The van der Waals surface area contributed by atoms with Gasteiger partial charge in [0.15, 0.2) is 5.13 Å². The Hall–Kier alpha value is -1.34. The molecule has 2 aromatic carbocycles. The number of fused-ring (bicyclic) bond motifs is 1. The zero-order valence-electron chi connectivity index (χ0n) is 10.4. The summed E-state index contributed by atoms with van der Waals surface area (Å²) in [7, 11) is -3.83. The van der Waals surface area contributed by atoms with Crippen LogP contribution in [0.4, 0.5) is 5.13 Å². The standard InChI is InChI=1S/C13H8Cl2N2O2S2/c14-8-5-6-9(15)12(7-8)21(18,19)17-13-16-10-3-1-2-4-11(10)20-13/h1-7H,(H,16,17). The Morgan fingerprint density at radius 2 is 1.86 bits per heavy atom. The second-order valence-corrected chi connectivity index (χ2v) is 7.69. The largest absolute Gasteiger partial charge is 0.265 e. The molecular formula is C13H8Cl2N2O2S2. The van der Waals surface area contributed by atoms with E-state index in [1.165, 1.54) is 29.5 Å². The van der Waals surface area contributed by atoms with Crippen LogP contribution in [0.3, 0.4) is 0 Å². The highest BCUT2D eigenvalue weighted by atomic mass is 35.5. The van der Waals surface area contributed by atoms with Crippen molar-refractivity contribution < 1.29 is 8.42 Å². The molecule has 0 unspecified atom stereocenters. The molecule has 0 saturated heterocycles. The van der Waals surface area contributed by atoms with Crippen molar-refractivity contribution in [3.05, 3.63) is 52.5 Å². The number of hydrogen-bond acceptors (Lipinski definition) is 4. The minimum absolute atomic E-state index is 0.0732. The molecule has 0 amide bonds. The maximum Gasteiger partial charge on any atom is 0.265 e. The van der Waals surface area contributed by atoms with Gasteiger partial charge in [0.05, 0.1) is 15.2 Å². The molecule has 0 fully saturated rings. The van der Waals surface area contributed by atoms with Crippen molar-refractivity contribution in [3.8, 4) is 0 Å². The number of nitrogens with zero attached hydrogens (tertiary/aromatic N) is 1. The molecule has 0 aliphatic carbocycles. The average Bonchev–Trinajstić information content (AvgIpc) is 2.82.